The van der Waals surface area contributed by atoms with E-state index in [0.717, 1.165) is 0 Å². The highest BCUT2D eigenvalue weighted by molar-refractivity contribution is 5.75. The number of methoxy groups -OCH3 is 1. The summed E-state index contributed by atoms with van der Waals surface area (Å²) in [6.07, 6.45) is 0.655. The van der Waals surface area contributed by atoms with Crippen LogP contribution in [0.5, 0.6) is 11.5 Å². The van der Waals surface area contributed by atoms with Crippen molar-refractivity contribution in [2.24, 2.45) is 5.92 Å². The SMILES string of the molecule is COC(=O)C(CC(C)C)NC(C)c1cc(O)cc(O)c1. The van der Waals surface area contributed by atoms with Gasteiger partial charge in [-0.2, -0.15) is 0 Å². The van der Waals surface area contributed by atoms with Crippen LogP contribution in [0.15, 0.2) is 18.2 Å². The van der Waals surface area contributed by atoms with E-state index in [1.54, 1.807) is 12.1 Å². The van der Waals surface area contributed by atoms with Crippen molar-refractivity contribution in [2.45, 2.75) is 39.3 Å². The van der Waals surface area contributed by atoms with E-state index >= 15 is 0 Å². The quantitative estimate of drug-likeness (QED) is 0.697. The van der Waals surface area contributed by atoms with Gasteiger partial charge in [0.15, 0.2) is 0 Å². The summed E-state index contributed by atoms with van der Waals surface area (Å²) in [6.45, 7) is 5.93. The van der Waals surface area contributed by atoms with Crippen LogP contribution < -0.4 is 5.32 Å². The maximum atomic E-state index is 11.8. The number of nitrogens with one attached hydrogen (secondary N) is 1. The monoisotopic (exact) mass is 281 g/mol. The van der Waals surface area contributed by atoms with Gasteiger partial charge in [-0.25, -0.2) is 0 Å². The fourth-order valence-electron chi connectivity index (χ4n) is 2.11. The molecule has 1 rings (SSSR count). The summed E-state index contributed by atoms with van der Waals surface area (Å²) in [7, 11) is 1.36. The molecule has 0 saturated heterocycles. The van der Waals surface area contributed by atoms with Gasteiger partial charge in [-0.3, -0.25) is 10.1 Å². The van der Waals surface area contributed by atoms with Gasteiger partial charge in [0.1, 0.15) is 17.5 Å². The molecule has 0 fully saturated rings. The molecule has 0 aliphatic heterocycles. The molecule has 0 radical (unpaired) electrons. The lowest BCUT2D eigenvalue weighted by molar-refractivity contribution is -0.143. The van der Waals surface area contributed by atoms with Gasteiger partial charge in [0.2, 0.25) is 0 Å². The van der Waals surface area contributed by atoms with E-state index in [4.69, 9.17) is 4.74 Å². The number of ether oxygens (including phenoxy) is 1. The molecule has 1 aromatic carbocycles. The molecule has 0 saturated carbocycles. The minimum atomic E-state index is -0.417. The second-order valence-corrected chi connectivity index (χ2v) is 5.38. The van der Waals surface area contributed by atoms with Crippen LogP contribution in [0.25, 0.3) is 0 Å². The first kappa shape index (κ1) is 16.3. The van der Waals surface area contributed by atoms with Crippen LogP contribution in [0.4, 0.5) is 0 Å². The van der Waals surface area contributed by atoms with Crippen molar-refractivity contribution in [3.8, 4) is 11.5 Å². The molecule has 2 atom stereocenters. The van der Waals surface area contributed by atoms with Crippen LogP contribution in [0, 0.1) is 5.92 Å². The van der Waals surface area contributed by atoms with Crippen LogP contribution in [0.3, 0.4) is 0 Å². The summed E-state index contributed by atoms with van der Waals surface area (Å²) in [4.78, 5) is 11.8. The van der Waals surface area contributed by atoms with Crippen LogP contribution in [-0.4, -0.2) is 29.3 Å². The standard InChI is InChI=1S/C15H23NO4/c1-9(2)5-14(15(19)20-4)16-10(3)11-6-12(17)8-13(18)7-11/h6-10,14,16-18H,5H2,1-4H3. The molecule has 0 spiro atoms. The van der Waals surface area contributed by atoms with E-state index < -0.39 is 6.04 Å². The Hall–Kier alpha value is -1.75. The van der Waals surface area contributed by atoms with Gasteiger partial charge in [0.05, 0.1) is 7.11 Å². The second kappa shape index (κ2) is 7.14. The van der Waals surface area contributed by atoms with E-state index in [2.05, 4.69) is 5.32 Å². The van der Waals surface area contributed by atoms with E-state index in [9.17, 15) is 15.0 Å². The van der Waals surface area contributed by atoms with Crippen LogP contribution in [0.1, 0.15) is 38.8 Å². The van der Waals surface area contributed by atoms with Gasteiger partial charge < -0.3 is 14.9 Å². The molecule has 0 bridgehead atoms. The van der Waals surface area contributed by atoms with Crippen molar-refractivity contribution in [3.05, 3.63) is 23.8 Å². The molecule has 112 valence electrons. The van der Waals surface area contributed by atoms with Crippen LogP contribution >= 0.6 is 0 Å². The lowest BCUT2D eigenvalue weighted by Gasteiger charge is -2.23. The van der Waals surface area contributed by atoms with Crippen molar-refractivity contribution in [3.63, 3.8) is 0 Å². The minimum absolute atomic E-state index is 0.00729. The first-order valence-electron chi connectivity index (χ1n) is 6.70. The van der Waals surface area contributed by atoms with Gasteiger partial charge in [-0.15, -0.1) is 0 Å². The molecular weight excluding hydrogens is 258 g/mol. The summed E-state index contributed by atoms with van der Waals surface area (Å²) in [5.41, 5.74) is 0.708. The Morgan fingerprint density at radius 1 is 1.20 bits per heavy atom. The topological polar surface area (TPSA) is 78.8 Å². The first-order valence-corrected chi connectivity index (χ1v) is 6.70. The molecule has 2 unspecified atom stereocenters. The Morgan fingerprint density at radius 3 is 2.20 bits per heavy atom. The Kier molecular flexibility index (Phi) is 5.82. The third-order valence-corrected chi connectivity index (χ3v) is 3.07. The van der Waals surface area contributed by atoms with Crippen molar-refractivity contribution >= 4 is 5.97 Å². The zero-order valence-corrected chi connectivity index (χ0v) is 12.4. The van der Waals surface area contributed by atoms with Gasteiger partial charge in [0, 0.05) is 12.1 Å². The summed E-state index contributed by atoms with van der Waals surface area (Å²) >= 11 is 0. The molecule has 3 N–H and O–H groups in total. The number of benzene rings is 1. The Labute approximate surface area is 119 Å². The fourth-order valence-corrected chi connectivity index (χ4v) is 2.11. The molecule has 0 amide bonds. The predicted molar refractivity (Wildman–Crippen MR) is 76.6 cm³/mol. The number of aromatic hydroxyl groups is 2. The van der Waals surface area contributed by atoms with Crippen molar-refractivity contribution in [1.29, 1.82) is 0 Å². The summed E-state index contributed by atoms with van der Waals surface area (Å²) in [6, 6.07) is 3.76. The second-order valence-electron chi connectivity index (χ2n) is 5.38. The molecule has 20 heavy (non-hydrogen) atoms. The fraction of sp³-hybridized carbons (Fsp3) is 0.533. The molecule has 1 aromatic rings. The number of hydrogen-bond acceptors (Lipinski definition) is 5. The van der Waals surface area contributed by atoms with Gasteiger partial charge in [0.25, 0.3) is 0 Å². The number of phenols is 2. The van der Waals surface area contributed by atoms with Crippen molar-refractivity contribution in [1.82, 2.24) is 5.32 Å². The summed E-state index contributed by atoms with van der Waals surface area (Å²) in [5.74, 6) is 0.0190. The van der Waals surface area contributed by atoms with Gasteiger partial charge in [-0.1, -0.05) is 13.8 Å². The highest BCUT2D eigenvalue weighted by atomic mass is 16.5. The lowest BCUT2D eigenvalue weighted by atomic mass is 10.0. The van der Waals surface area contributed by atoms with E-state index in [1.165, 1.54) is 13.2 Å². The average Bonchev–Trinajstić information content (AvgIpc) is 2.35. The third kappa shape index (κ3) is 4.74. The molecule has 0 aromatic heterocycles. The van der Waals surface area contributed by atoms with E-state index in [1.807, 2.05) is 20.8 Å². The lowest BCUT2D eigenvalue weighted by Crippen LogP contribution is -2.40. The van der Waals surface area contributed by atoms with E-state index in [0.29, 0.717) is 17.9 Å². The molecule has 0 heterocycles. The Morgan fingerprint density at radius 2 is 1.75 bits per heavy atom. The van der Waals surface area contributed by atoms with E-state index in [-0.39, 0.29) is 23.5 Å². The number of carbonyl (C=O) groups is 1. The largest absolute Gasteiger partial charge is 0.508 e. The number of carbonyl (C=O) groups excluding carboxylic acids is 1. The van der Waals surface area contributed by atoms with Crippen molar-refractivity contribution in [2.75, 3.05) is 7.11 Å². The number of rotatable bonds is 6. The maximum Gasteiger partial charge on any atom is 0.322 e. The number of hydrogen-bond donors (Lipinski definition) is 3. The molecule has 0 aliphatic carbocycles. The summed E-state index contributed by atoms with van der Waals surface area (Å²) < 4.78 is 4.80. The molecule has 0 aliphatic rings. The minimum Gasteiger partial charge on any atom is -0.508 e. The first-order chi connectivity index (χ1) is 9.33. The van der Waals surface area contributed by atoms with Gasteiger partial charge in [-0.05, 0) is 37.0 Å². The number of phenolic OH excluding ortho intramolecular Hbond substituents is 2. The summed E-state index contributed by atoms with van der Waals surface area (Å²) in [5, 5.41) is 22.2. The Balaban J connectivity index is 2.83. The molecule has 5 heteroatoms. The highest BCUT2D eigenvalue weighted by Gasteiger charge is 2.23. The molecular formula is C15H23NO4. The highest BCUT2D eigenvalue weighted by Crippen LogP contribution is 2.25. The average molecular weight is 281 g/mol. The Bertz CT molecular complexity index is 439. The smallest absolute Gasteiger partial charge is 0.322 e. The van der Waals surface area contributed by atoms with Gasteiger partial charge >= 0.3 is 5.97 Å². The van der Waals surface area contributed by atoms with Crippen LogP contribution in [0.2, 0.25) is 0 Å². The zero-order chi connectivity index (χ0) is 15.3. The number of esters is 1. The maximum absolute atomic E-state index is 11.8. The van der Waals surface area contributed by atoms with Crippen molar-refractivity contribution < 1.29 is 19.7 Å². The zero-order valence-electron chi connectivity index (χ0n) is 12.4. The third-order valence-electron chi connectivity index (χ3n) is 3.07. The van der Waals surface area contributed by atoms with Crippen LogP contribution in [-0.2, 0) is 9.53 Å². The normalized spacial score (nSPS) is 14.1. The predicted octanol–water partition coefficient (Wildman–Crippen LogP) is 2.34. The molecule has 5 nitrogen and oxygen atoms in total.